The third-order valence-corrected chi connectivity index (χ3v) is 1.28. The normalized spacial score (nSPS) is 10.2. The van der Waals surface area contributed by atoms with Gasteiger partial charge < -0.3 is 9.90 Å². The Bertz CT molecular complexity index is 256. The van der Waals surface area contributed by atoms with Gasteiger partial charge in [-0.25, -0.2) is 0 Å². The lowest BCUT2D eigenvalue weighted by molar-refractivity contribution is -0.112. The van der Waals surface area contributed by atoms with Crippen molar-refractivity contribution in [1.82, 2.24) is 0 Å². The van der Waals surface area contributed by atoms with Crippen LogP contribution >= 0.6 is 0 Å². The molecule has 0 amide bonds. The predicted molar refractivity (Wildman–Crippen MR) is 51.9 cm³/mol. The van der Waals surface area contributed by atoms with Gasteiger partial charge in [-0.3, -0.25) is 0 Å². The standard InChI is InChI=1S/C5H9NO.C5H7NO/c2*1-5(2,3-6)4-7/h7H,4H2,1-2H3;4H,1-2H3. The monoisotopic (exact) mass is 196 g/mol. The topological polar surface area (TPSA) is 84.9 Å². The van der Waals surface area contributed by atoms with Crippen LogP contribution in [0.3, 0.4) is 0 Å². The summed E-state index contributed by atoms with van der Waals surface area (Å²) >= 11 is 0. The number of hydrogen-bond acceptors (Lipinski definition) is 4. The van der Waals surface area contributed by atoms with Gasteiger partial charge in [0.15, 0.2) is 0 Å². The van der Waals surface area contributed by atoms with E-state index in [9.17, 15) is 4.79 Å². The predicted octanol–water partition coefficient (Wildman–Crippen LogP) is 1.26. The zero-order chi connectivity index (χ0) is 11.8. The van der Waals surface area contributed by atoms with Gasteiger partial charge in [0.2, 0.25) is 0 Å². The fraction of sp³-hybridized carbons (Fsp3) is 0.700. The summed E-state index contributed by atoms with van der Waals surface area (Å²) in [6, 6.07) is 3.76. The van der Waals surface area contributed by atoms with Gasteiger partial charge in [-0.15, -0.1) is 0 Å². The molecule has 0 fully saturated rings. The van der Waals surface area contributed by atoms with E-state index in [0.717, 1.165) is 0 Å². The number of aliphatic hydroxyl groups is 1. The average Bonchev–Trinajstić information content (AvgIpc) is 2.19. The van der Waals surface area contributed by atoms with Crippen molar-refractivity contribution in [1.29, 1.82) is 10.5 Å². The van der Waals surface area contributed by atoms with Crippen LogP contribution in [0.4, 0.5) is 0 Å². The van der Waals surface area contributed by atoms with Crippen LogP contribution in [-0.2, 0) is 4.79 Å². The summed E-state index contributed by atoms with van der Waals surface area (Å²) in [6.45, 7) is 6.45. The first kappa shape index (κ1) is 15.1. The van der Waals surface area contributed by atoms with Crippen LogP contribution < -0.4 is 0 Å². The van der Waals surface area contributed by atoms with E-state index in [1.807, 2.05) is 12.1 Å². The van der Waals surface area contributed by atoms with Gasteiger partial charge in [0.05, 0.1) is 24.2 Å². The first-order valence-electron chi connectivity index (χ1n) is 4.14. The Labute approximate surface area is 84.8 Å². The molecule has 14 heavy (non-hydrogen) atoms. The van der Waals surface area contributed by atoms with Gasteiger partial charge >= 0.3 is 0 Å². The van der Waals surface area contributed by atoms with E-state index in [4.69, 9.17) is 15.6 Å². The zero-order valence-corrected chi connectivity index (χ0v) is 9.03. The Morgan fingerprint density at radius 1 is 1.21 bits per heavy atom. The number of nitriles is 2. The van der Waals surface area contributed by atoms with Crippen molar-refractivity contribution in [3.63, 3.8) is 0 Å². The number of carbonyl (C=O) groups excluding carboxylic acids is 1. The SMILES string of the molecule is CC(C)(C#N)C=O.CC(C)(C#N)CO. The molecule has 0 aromatic rings. The molecule has 0 spiro atoms. The number of carbonyl (C=O) groups is 1. The summed E-state index contributed by atoms with van der Waals surface area (Å²) < 4.78 is 0. The molecule has 78 valence electrons. The molecule has 0 aliphatic rings. The lowest BCUT2D eigenvalue weighted by Gasteiger charge is -2.07. The number of aliphatic hydroxyl groups excluding tert-OH is 1. The van der Waals surface area contributed by atoms with E-state index in [-0.39, 0.29) is 6.61 Å². The quantitative estimate of drug-likeness (QED) is 0.674. The van der Waals surface area contributed by atoms with Crippen LogP contribution in [0, 0.1) is 33.5 Å². The minimum atomic E-state index is -0.792. The number of hydrogen-bond donors (Lipinski definition) is 1. The third-order valence-electron chi connectivity index (χ3n) is 1.28. The van der Waals surface area contributed by atoms with Crippen LogP contribution in [-0.4, -0.2) is 18.0 Å². The molecule has 0 bridgehead atoms. The maximum atomic E-state index is 9.84. The Balaban J connectivity index is 0. The molecule has 0 aliphatic carbocycles. The molecule has 4 heteroatoms. The van der Waals surface area contributed by atoms with Crippen LogP contribution in [0.1, 0.15) is 27.7 Å². The summed E-state index contributed by atoms with van der Waals surface area (Å²) in [4.78, 5) is 9.84. The molecule has 1 N–H and O–H groups in total. The van der Waals surface area contributed by atoms with Crippen LogP contribution in [0.25, 0.3) is 0 Å². The summed E-state index contributed by atoms with van der Waals surface area (Å²) in [5, 5.41) is 24.7. The molecule has 0 unspecified atom stereocenters. The van der Waals surface area contributed by atoms with Gasteiger partial charge in [0.1, 0.15) is 11.7 Å². The smallest absolute Gasteiger partial charge is 0.139 e. The van der Waals surface area contributed by atoms with Crippen molar-refractivity contribution in [3.05, 3.63) is 0 Å². The van der Waals surface area contributed by atoms with Gasteiger partial charge in [0.25, 0.3) is 0 Å². The summed E-state index contributed by atoms with van der Waals surface area (Å²) in [5.74, 6) is 0. The summed E-state index contributed by atoms with van der Waals surface area (Å²) in [7, 11) is 0. The van der Waals surface area contributed by atoms with Gasteiger partial charge in [-0.05, 0) is 27.7 Å². The van der Waals surface area contributed by atoms with Crippen LogP contribution in [0.2, 0.25) is 0 Å². The van der Waals surface area contributed by atoms with Crippen molar-refractivity contribution in [2.75, 3.05) is 6.61 Å². The van der Waals surface area contributed by atoms with E-state index >= 15 is 0 Å². The Kier molecular flexibility index (Phi) is 6.60. The molecule has 0 aromatic heterocycles. The molecule has 0 heterocycles. The van der Waals surface area contributed by atoms with Crippen molar-refractivity contribution in [2.24, 2.45) is 10.8 Å². The van der Waals surface area contributed by atoms with E-state index in [2.05, 4.69) is 0 Å². The maximum absolute atomic E-state index is 9.84. The van der Waals surface area contributed by atoms with E-state index in [1.165, 1.54) is 0 Å². The van der Waals surface area contributed by atoms with Crippen LogP contribution in [0.15, 0.2) is 0 Å². The fourth-order valence-electron chi connectivity index (χ4n) is 0.0617. The lowest BCUT2D eigenvalue weighted by Crippen LogP contribution is -2.12. The Morgan fingerprint density at radius 2 is 1.64 bits per heavy atom. The number of rotatable bonds is 2. The first-order valence-corrected chi connectivity index (χ1v) is 4.14. The van der Waals surface area contributed by atoms with E-state index in [1.54, 1.807) is 27.7 Å². The highest BCUT2D eigenvalue weighted by molar-refractivity contribution is 5.62. The molecule has 4 nitrogen and oxygen atoms in total. The minimum absolute atomic E-state index is 0.0660. The first-order chi connectivity index (χ1) is 6.24. The maximum Gasteiger partial charge on any atom is 0.139 e. The Morgan fingerprint density at radius 3 is 1.64 bits per heavy atom. The molecule has 0 rings (SSSR count). The second-order valence-electron chi connectivity index (χ2n) is 4.11. The second kappa shape index (κ2) is 6.12. The number of nitrogens with zero attached hydrogens (tertiary/aromatic N) is 2. The highest BCUT2D eigenvalue weighted by atomic mass is 16.3. The molecule has 0 aliphatic heterocycles. The van der Waals surface area contributed by atoms with Gasteiger partial charge in [-0.1, -0.05) is 0 Å². The second-order valence-corrected chi connectivity index (χ2v) is 4.11. The van der Waals surface area contributed by atoms with E-state index < -0.39 is 10.8 Å². The van der Waals surface area contributed by atoms with Crippen molar-refractivity contribution in [2.45, 2.75) is 27.7 Å². The summed E-state index contributed by atoms with van der Waals surface area (Å²) in [6.07, 6.45) is 0.632. The highest BCUT2D eigenvalue weighted by Gasteiger charge is 2.13. The van der Waals surface area contributed by atoms with Crippen molar-refractivity contribution in [3.8, 4) is 12.1 Å². The van der Waals surface area contributed by atoms with Crippen molar-refractivity contribution >= 4 is 6.29 Å². The largest absolute Gasteiger partial charge is 0.395 e. The molecule has 0 saturated carbocycles. The van der Waals surface area contributed by atoms with Gasteiger partial charge in [0, 0.05) is 0 Å². The fourth-order valence-corrected chi connectivity index (χ4v) is 0.0617. The molecule has 0 saturated heterocycles. The van der Waals surface area contributed by atoms with Crippen molar-refractivity contribution < 1.29 is 9.90 Å². The number of aldehydes is 1. The molecule has 0 aromatic carbocycles. The minimum Gasteiger partial charge on any atom is -0.395 e. The molecular formula is C10H16N2O2. The molecular weight excluding hydrogens is 180 g/mol. The van der Waals surface area contributed by atoms with E-state index in [0.29, 0.717) is 6.29 Å². The zero-order valence-electron chi connectivity index (χ0n) is 9.03. The lowest BCUT2D eigenvalue weighted by atomic mass is 9.98. The van der Waals surface area contributed by atoms with Gasteiger partial charge in [-0.2, -0.15) is 10.5 Å². The Hall–Kier alpha value is -1.39. The average molecular weight is 196 g/mol. The third kappa shape index (κ3) is 8.70. The molecule has 0 atom stereocenters. The molecule has 0 radical (unpaired) electrons. The summed E-state index contributed by atoms with van der Waals surface area (Å²) in [5.41, 5.74) is -1.35. The highest BCUT2D eigenvalue weighted by Crippen LogP contribution is 2.09. The van der Waals surface area contributed by atoms with Crippen LogP contribution in [0.5, 0.6) is 0 Å².